The lowest BCUT2D eigenvalue weighted by atomic mass is 9.80. The Morgan fingerprint density at radius 1 is 1.06 bits per heavy atom. The minimum atomic E-state index is -0.269. The maximum absolute atomic E-state index is 12.9. The summed E-state index contributed by atoms with van der Waals surface area (Å²) in [6.07, 6.45) is 3.54. The lowest BCUT2D eigenvalue weighted by molar-refractivity contribution is -0.138. The predicted octanol–water partition coefficient (Wildman–Crippen LogP) is 3.74. The van der Waals surface area contributed by atoms with E-state index in [1.807, 2.05) is 49.4 Å². The number of ketones is 1. The molecule has 36 heavy (non-hydrogen) atoms. The van der Waals surface area contributed by atoms with E-state index in [0.29, 0.717) is 49.5 Å². The van der Waals surface area contributed by atoms with Gasteiger partial charge in [0.25, 0.3) is 0 Å². The topological polar surface area (TPSA) is 92.3 Å². The third kappa shape index (κ3) is 6.37. The van der Waals surface area contributed by atoms with Crippen LogP contribution in [0, 0.1) is 12.8 Å². The SMILES string of the molecule is COc1ccc(CCNC(=O)COC2CCC3C(=O)C(Oc4ccc(C)cc4)=COC3C2)cc1OC. The van der Waals surface area contributed by atoms with Crippen molar-refractivity contribution in [3.8, 4) is 17.2 Å². The van der Waals surface area contributed by atoms with Gasteiger partial charge in [-0.1, -0.05) is 23.8 Å². The van der Waals surface area contributed by atoms with Crippen LogP contribution in [0.4, 0.5) is 0 Å². The summed E-state index contributed by atoms with van der Waals surface area (Å²) in [6, 6.07) is 13.2. The molecule has 2 aromatic carbocycles. The van der Waals surface area contributed by atoms with Crippen LogP contribution < -0.4 is 19.5 Å². The molecule has 1 heterocycles. The Balaban J connectivity index is 1.19. The molecule has 4 rings (SSSR count). The average molecular weight is 496 g/mol. The molecule has 1 aliphatic carbocycles. The number of nitrogens with one attached hydrogen (secondary N) is 1. The van der Waals surface area contributed by atoms with Gasteiger partial charge in [-0.25, -0.2) is 0 Å². The first kappa shape index (κ1) is 25.6. The lowest BCUT2D eigenvalue weighted by Gasteiger charge is -2.37. The number of hydrogen-bond acceptors (Lipinski definition) is 7. The molecule has 2 aromatic rings. The zero-order valence-corrected chi connectivity index (χ0v) is 21.0. The van der Waals surface area contributed by atoms with Crippen LogP contribution in [-0.2, 0) is 25.5 Å². The summed E-state index contributed by atoms with van der Waals surface area (Å²) in [4.78, 5) is 25.2. The monoisotopic (exact) mass is 495 g/mol. The van der Waals surface area contributed by atoms with Crippen molar-refractivity contribution in [3.63, 3.8) is 0 Å². The molecule has 192 valence electrons. The van der Waals surface area contributed by atoms with Crippen LogP contribution in [0.25, 0.3) is 0 Å². The van der Waals surface area contributed by atoms with Crippen molar-refractivity contribution in [2.45, 2.75) is 44.8 Å². The third-order valence-corrected chi connectivity index (χ3v) is 6.56. The van der Waals surface area contributed by atoms with Crippen LogP contribution in [0.1, 0.15) is 30.4 Å². The molecule has 1 saturated carbocycles. The number of Topliss-reactive ketones (excluding diaryl/α,β-unsaturated/α-hetero) is 1. The van der Waals surface area contributed by atoms with E-state index in [2.05, 4.69) is 5.32 Å². The Morgan fingerprint density at radius 2 is 1.83 bits per heavy atom. The van der Waals surface area contributed by atoms with E-state index >= 15 is 0 Å². The van der Waals surface area contributed by atoms with Crippen molar-refractivity contribution in [2.24, 2.45) is 5.92 Å². The van der Waals surface area contributed by atoms with Crippen molar-refractivity contribution < 1.29 is 33.3 Å². The minimum absolute atomic E-state index is 0.0282. The second-order valence-electron chi connectivity index (χ2n) is 9.08. The van der Waals surface area contributed by atoms with E-state index in [0.717, 1.165) is 11.1 Å². The van der Waals surface area contributed by atoms with E-state index < -0.39 is 0 Å². The number of amides is 1. The highest BCUT2D eigenvalue weighted by Crippen LogP contribution is 2.35. The third-order valence-electron chi connectivity index (χ3n) is 6.56. The van der Waals surface area contributed by atoms with Gasteiger partial charge in [0.15, 0.2) is 11.5 Å². The van der Waals surface area contributed by atoms with Gasteiger partial charge in [-0.15, -0.1) is 0 Å². The van der Waals surface area contributed by atoms with Crippen molar-refractivity contribution >= 4 is 11.7 Å². The normalized spacial score (nSPS) is 21.0. The van der Waals surface area contributed by atoms with Gasteiger partial charge in [-0.2, -0.15) is 0 Å². The Hall–Kier alpha value is -3.52. The molecular weight excluding hydrogens is 462 g/mol. The molecule has 0 saturated heterocycles. The number of carbonyl (C=O) groups excluding carboxylic acids is 2. The lowest BCUT2D eigenvalue weighted by Crippen LogP contribution is -2.43. The van der Waals surface area contributed by atoms with Crippen molar-refractivity contribution in [2.75, 3.05) is 27.4 Å². The fourth-order valence-electron chi connectivity index (χ4n) is 4.52. The van der Waals surface area contributed by atoms with E-state index in [1.54, 1.807) is 14.2 Å². The molecule has 0 spiro atoms. The zero-order valence-electron chi connectivity index (χ0n) is 21.0. The number of allylic oxidation sites excluding steroid dienone is 1. The molecule has 1 fully saturated rings. The molecule has 0 bridgehead atoms. The van der Waals surface area contributed by atoms with Crippen LogP contribution in [0.5, 0.6) is 17.2 Å². The molecule has 0 aromatic heterocycles. The maximum Gasteiger partial charge on any atom is 0.246 e. The number of ether oxygens (including phenoxy) is 5. The Morgan fingerprint density at radius 3 is 2.58 bits per heavy atom. The Kier molecular flexibility index (Phi) is 8.48. The predicted molar refractivity (Wildman–Crippen MR) is 133 cm³/mol. The highest BCUT2D eigenvalue weighted by Gasteiger charge is 2.41. The number of benzene rings is 2. The van der Waals surface area contributed by atoms with Gasteiger partial charge in [0, 0.05) is 13.0 Å². The van der Waals surface area contributed by atoms with E-state index in [4.69, 9.17) is 23.7 Å². The van der Waals surface area contributed by atoms with Gasteiger partial charge in [-0.3, -0.25) is 9.59 Å². The first-order valence-corrected chi connectivity index (χ1v) is 12.2. The quantitative estimate of drug-likeness (QED) is 0.537. The summed E-state index contributed by atoms with van der Waals surface area (Å²) < 4.78 is 28.0. The first-order chi connectivity index (χ1) is 17.5. The van der Waals surface area contributed by atoms with Crippen LogP contribution >= 0.6 is 0 Å². The van der Waals surface area contributed by atoms with Crippen LogP contribution in [0.15, 0.2) is 54.5 Å². The molecule has 3 atom stereocenters. The number of rotatable bonds is 10. The summed E-state index contributed by atoms with van der Waals surface area (Å²) in [5, 5.41) is 2.89. The molecular formula is C28H33NO7. The largest absolute Gasteiger partial charge is 0.493 e. The van der Waals surface area contributed by atoms with Gasteiger partial charge >= 0.3 is 0 Å². The molecule has 1 N–H and O–H groups in total. The Labute approximate surface area is 211 Å². The van der Waals surface area contributed by atoms with E-state index in [-0.39, 0.29) is 42.2 Å². The first-order valence-electron chi connectivity index (χ1n) is 12.2. The van der Waals surface area contributed by atoms with Crippen molar-refractivity contribution in [1.29, 1.82) is 0 Å². The number of methoxy groups -OCH3 is 2. The standard InChI is InChI=1S/C28H33NO7/c1-18-4-7-20(8-5-18)36-26-16-35-24-15-21(9-10-22(24)28(26)31)34-17-27(30)29-13-12-19-6-11-23(32-2)25(14-19)33-3/h4-8,11,14,16,21-22,24H,9-10,12-13,15,17H2,1-3H3,(H,29,30). The smallest absolute Gasteiger partial charge is 0.246 e. The van der Waals surface area contributed by atoms with E-state index in [1.165, 1.54) is 6.26 Å². The number of fused-ring (bicyclic) bond motifs is 1. The van der Waals surface area contributed by atoms with Crippen molar-refractivity contribution in [1.82, 2.24) is 5.32 Å². The number of hydrogen-bond donors (Lipinski definition) is 1. The van der Waals surface area contributed by atoms with Gasteiger partial charge in [-0.05, 0) is 56.0 Å². The highest BCUT2D eigenvalue weighted by atomic mass is 16.5. The zero-order chi connectivity index (χ0) is 25.5. The fraction of sp³-hybridized carbons (Fsp3) is 0.429. The number of aryl methyl sites for hydroxylation is 1. The maximum atomic E-state index is 12.9. The number of carbonyl (C=O) groups is 2. The van der Waals surface area contributed by atoms with Crippen LogP contribution in [0.2, 0.25) is 0 Å². The van der Waals surface area contributed by atoms with Gasteiger partial charge in [0.2, 0.25) is 17.4 Å². The molecule has 1 aliphatic heterocycles. The molecule has 8 nitrogen and oxygen atoms in total. The summed E-state index contributed by atoms with van der Waals surface area (Å²) in [5.41, 5.74) is 2.15. The van der Waals surface area contributed by atoms with Gasteiger partial charge in [0.1, 0.15) is 24.7 Å². The summed E-state index contributed by atoms with van der Waals surface area (Å²) >= 11 is 0. The molecule has 2 aliphatic rings. The Bertz CT molecular complexity index is 1100. The average Bonchev–Trinajstić information content (AvgIpc) is 2.90. The summed E-state index contributed by atoms with van der Waals surface area (Å²) in [5.74, 6) is 1.69. The van der Waals surface area contributed by atoms with Crippen LogP contribution in [-0.4, -0.2) is 51.3 Å². The molecule has 1 amide bonds. The second kappa shape index (κ2) is 11.9. The van der Waals surface area contributed by atoms with Gasteiger partial charge < -0.3 is 29.0 Å². The molecule has 8 heteroatoms. The second-order valence-corrected chi connectivity index (χ2v) is 9.08. The summed E-state index contributed by atoms with van der Waals surface area (Å²) in [6.45, 7) is 2.45. The van der Waals surface area contributed by atoms with Gasteiger partial charge in [0.05, 0.1) is 26.2 Å². The minimum Gasteiger partial charge on any atom is -0.493 e. The van der Waals surface area contributed by atoms with Crippen LogP contribution in [0.3, 0.4) is 0 Å². The highest BCUT2D eigenvalue weighted by molar-refractivity contribution is 5.96. The van der Waals surface area contributed by atoms with Crippen molar-refractivity contribution in [3.05, 3.63) is 65.6 Å². The van der Waals surface area contributed by atoms with E-state index in [9.17, 15) is 9.59 Å². The molecule has 3 unspecified atom stereocenters. The fourth-order valence-corrected chi connectivity index (χ4v) is 4.52. The summed E-state index contributed by atoms with van der Waals surface area (Å²) in [7, 11) is 3.19. The molecule has 0 radical (unpaired) electrons.